The normalized spacial score (nSPS) is 8.13. The number of hydrogen-bond acceptors (Lipinski definition) is 2. The zero-order valence-corrected chi connectivity index (χ0v) is 13.3. The number of unbranched alkanes of at least 4 members (excludes halogenated alkanes) is 2. The Bertz CT molecular complexity index is 142. The minimum atomic E-state index is -0.693. The van der Waals surface area contributed by atoms with E-state index in [1.807, 2.05) is 13.8 Å². The molecule has 0 fully saturated rings. The van der Waals surface area contributed by atoms with Gasteiger partial charge in [0.15, 0.2) is 0 Å². The molecule has 0 aliphatic heterocycles. The maximum Gasteiger partial charge on any atom is 0.303 e. The Morgan fingerprint density at radius 2 is 1.13 bits per heavy atom. The number of aliphatic carboxylic acids is 2. The molecule has 0 aromatic rings. The fourth-order valence-electron chi connectivity index (χ4n) is 0.656. The van der Waals surface area contributed by atoms with Gasteiger partial charge in [-0.05, 0) is 12.8 Å². The fourth-order valence-corrected chi connectivity index (χ4v) is 0.656. The van der Waals surface area contributed by atoms with Crippen molar-refractivity contribution in [3.63, 3.8) is 0 Å². The van der Waals surface area contributed by atoms with Gasteiger partial charge in [-0.1, -0.05) is 26.7 Å². The van der Waals surface area contributed by atoms with Crippen molar-refractivity contribution in [1.29, 1.82) is 0 Å². The van der Waals surface area contributed by atoms with Gasteiger partial charge in [0.25, 0.3) is 0 Å². The number of hydrogen-bond donors (Lipinski definition) is 2. The van der Waals surface area contributed by atoms with Gasteiger partial charge in [-0.15, -0.1) is 0 Å². The van der Waals surface area contributed by atoms with Crippen LogP contribution < -0.4 is 0 Å². The molecular formula is C10H20O4Pb. The van der Waals surface area contributed by atoms with Crippen LogP contribution in [0.2, 0.25) is 0 Å². The standard InChI is InChI=1S/2C5H10O2.Pb/c2*1-2-3-4-5(6)7;/h2*2-4H2,1H3,(H,6,7);. The van der Waals surface area contributed by atoms with Gasteiger partial charge in [-0.25, -0.2) is 0 Å². The van der Waals surface area contributed by atoms with E-state index in [-0.39, 0.29) is 27.3 Å². The molecule has 15 heavy (non-hydrogen) atoms. The maximum absolute atomic E-state index is 9.76. The van der Waals surface area contributed by atoms with E-state index in [2.05, 4.69) is 0 Å². The minimum absolute atomic E-state index is 0. The Labute approximate surface area is 111 Å². The predicted octanol–water partition coefficient (Wildman–Crippen LogP) is 2.14. The van der Waals surface area contributed by atoms with Crippen molar-refractivity contribution in [1.82, 2.24) is 0 Å². The van der Waals surface area contributed by atoms with Gasteiger partial charge in [-0.3, -0.25) is 9.59 Å². The van der Waals surface area contributed by atoms with Crippen LogP contribution in [0.5, 0.6) is 0 Å². The average Bonchev–Trinajstić information content (AvgIpc) is 2.12. The second-order valence-corrected chi connectivity index (χ2v) is 2.99. The molecule has 0 atom stereocenters. The molecule has 0 saturated carbocycles. The number of carbonyl (C=O) groups is 2. The van der Waals surface area contributed by atoms with Crippen molar-refractivity contribution in [2.45, 2.75) is 52.4 Å². The van der Waals surface area contributed by atoms with Gasteiger partial charge in [0.1, 0.15) is 0 Å². The quantitative estimate of drug-likeness (QED) is 0.657. The molecule has 0 spiro atoms. The summed E-state index contributed by atoms with van der Waals surface area (Å²) in [5.41, 5.74) is 0. The summed E-state index contributed by atoms with van der Waals surface area (Å²) in [7, 11) is 0. The van der Waals surface area contributed by atoms with Crippen molar-refractivity contribution in [3.05, 3.63) is 0 Å². The molecule has 0 amide bonds. The Hall–Kier alpha value is -0.138. The van der Waals surface area contributed by atoms with E-state index in [0.29, 0.717) is 12.8 Å². The summed E-state index contributed by atoms with van der Waals surface area (Å²) in [6.45, 7) is 3.95. The first-order valence-electron chi connectivity index (χ1n) is 4.98. The molecule has 4 radical (unpaired) electrons. The van der Waals surface area contributed by atoms with Crippen molar-refractivity contribution < 1.29 is 19.8 Å². The summed E-state index contributed by atoms with van der Waals surface area (Å²) in [5, 5.41) is 16.1. The van der Waals surface area contributed by atoms with Crippen LogP contribution in [0, 0.1) is 0 Å². The predicted molar refractivity (Wildman–Crippen MR) is 60.1 cm³/mol. The van der Waals surface area contributed by atoms with Crippen LogP contribution in [-0.4, -0.2) is 49.5 Å². The van der Waals surface area contributed by atoms with Crippen molar-refractivity contribution in [3.8, 4) is 0 Å². The molecule has 0 aliphatic rings. The van der Waals surface area contributed by atoms with Crippen molar-refractivity contribution in [2.75, 3.05) is 0 Å². The third-order valence-corrected chi connectivity index (χ3v) is 1.49. The number of rotatable bonds is 6. The summed E-state index contributed by atoms with van der Waals surface area (Å²) >= 11 is 0. The molecule has 0 aliphatic carbocycles. The maximum atomic E-state index is 9.76. The second-order valence-electron chi connectivity index (χ2n) is 2.99. The summed E-state index contributed by atoms with van der Waals surface area (Å²) < 4.78 is 0. The smallest absolute Gasteiger partial charge is 0.303 e. The van der Waals surface area contributed by atoms with Gasteiger partial charge in [0, 0.05) is 40.1 Å². The van der Waals surface area contributed by atoms with Crippen LogP contribution in [-0.2, 0) is 9.59 Å². The average molecular weight is 411 g/mol. The van der Waals surface area contributed by atoms with Crippen LogP contribution in [0.25, 0.3) is 0 Å². The zero-order chi connectivity index (χ0) is 11.4. The topological polar surface area (TPSA) is 74.6 Å². The minimum Gasteiger partial charge on any atom is -0.481 e. The third kappa shape index (κ3) is 31.6. The SMILES string of the molecule is CCCCC(=O)O.CCCCC(=O)O.[Pb]. The molecule has 0 aromatic heterocycles. The zero-order valence-electron chi connectivity index (χ0n) is 9.45. The molecule has 0 unspecified atom stereocenters. The first kappa shape index (κ1) is 20.3. The van der Waals surface area contributed by atoms with Gasteiger partial charge >= 0.3 is 11.9 Å². The molecule has 5 heteroatoms. The molecule has 0 aromatic carbocycles. The van der Waals surface area contributed by atoms with Crippen LogP contribution >= 0.6 is 0 Å². The van der Waals surface area contributed by atoms with E-state index in [0.717, 1.165) is 25.7 Å². The van der Waals surface area contributed by atoms with Gasteiger partial charge in [0.2, 0.25) is 0 Å². The van der Waals surface area contributed by atoms with Crippen LogP contribution in [0.4, 0.5) is 0 Å². The first-order chi connectivity index (χ1) is 6.54. The summed E-state index contributed by atoms with van der Waals surface area (Å²) in [5.74, 6) is -1.39. The Morgan fingerprint density at radius 1 is 0.867 bits per heavy atom. The van der Waals surface area contributed by atoms with E-state index < -0.39 is 11.9 Å². The first-order valence-corrected chi connectivity index (χ1v) is 4.98. The Morgan fingerprint density at radius 3 is 1.20 bits per heavy atom. The van der Waals surface area contributed by atoms with E-state index in [4.69, 9.17) is 10.2 Å². The number of carboxylic acids is 2. The van der Waals surface area contributed by atoms with E-state index in [1.54, 1.807) is 0 Å². The number of carboxylic acid groups (broad SMARTS) is 2. The molecule has 2 N–H and O–H groups in total. The summed E-state index contributed by atoms with van der Waals surface area (Å²) in [6.07, 6.45) is 4.16. The molecule has 0 saturated heterocycles. The Kier molecular flexibility index (Phi) is 22.1. The van der Waals surface area contributed by atoms with E-state index in [9.17, 15) is 9.59 Å². The molecule has 0 heterocycles. The van der Waals surface area contributed by atoms with E-state index in [1.165, 1.54) is 0 Å². The molecule has 0 rings (SSSR count). The molecule has 4 nitrogen and oxygen atoms in total. The van der Waals surface area contributed by atoms with Gasteiger partial charge in [-0.2, -0.15) is 0 Å². The van der Waals surface area contributed by atoms with Crippen LogP contribution in [0.3, 0.4) is 0 Å². The van der Waals surface area contributed by atoms with Crippen molar-refractivity contribution >= 4 is 39.2 Å². The monoisotopic (exact) mass is 412 g/mol. The Balaban J connectivity index is -0.000000180. The second kappa shape index (κ2) is 16.3. The fraction of sp³-hybridized carbons (Fsp3) is 0.800. The summed E-state index contributed by atoms with van der Waals surface area (Å²) in [4.78, 5) is 19.5. The van der Waals surface area contributed by atoms with E-state index >= 15 is 0 Å². The van der Waals surface area contributed by atoms with Crippen molar-refractivity contribution in [2.24, 2.45) is 0 Å². The molecule has 0 bridgehead atoms. The van der Waals surface area contributed by atoms with Gasteiger partial charge < -0.3 is 10.2 Å². The van der Waals surface area contributed by atoms with Gasteiger partial charge in [0.05, 0.1) is 0 Å². The third-order valence-electron chi connectivity index (χ3n) is 1.49. The van der Waals surface area contributed by atoms with Crippen LogP contribution in [0.15, 0.2) is 0 Å². The molecular weight excluding hydrogens is 391 g/mol. The largest absolute Gasteiger partial charge is 0.481 e. The van der Waals surface area contributed by atoms with Crippen LogP contribution in [0.1, 0.15) is 52.4 Å². The summed E-state index contributed by atoms with van der Waals surface area (Å²) in [6, 6.07) is 0. The molecule has 88 valence electrons.